The zero-order valence-electron chi connectivity index (χ0n) is 18.7. The molecule has 1 heterocycles. The molecule has 33 heavy (non-hydrogen) atoms. The molecule has 0 amide bonds. The molecule has 0 N–H and O–H groups in total. The third kappa shape index (κ3) is 4.28. The van der Waals surface area contributed by atoms with Crippen LogP contribution < -0.4 is 0 Å². The lowest BCUT2D eigenvalue weighted by atomic mass is 9.61. The zero-order chi connectivity index (χ0) is 23.2. The van der Waals surface area contributed by atoms with Crippen molar-refractivity contribution in [1.29, 1.82) is 0 Å². The van der Waals surface area contributed by atoms with Gasteiger partial charge in [-0.15, -0.1) is 0 Å². The van der Waals surface area contributed by atoms with Gasteiger partial charge in [-0.1, -0.05) is 43.0 Å². The van der Waals surface area contributed by atoms with Gasteiger partial charge < -0.3 is 4.74 Å². The number of hydrogen-bond acceptors (Lipinski definition) is 2. The van der Waals surface area contributed by atoms with Crippen molar-refractivity contribution in [1.82, 2.24) is 0 Å². The normalized spacial score (nSPS) is 28.9. The highest BCUT2D eigenvalue weighted by Gasteiger charge is 2.46. The number of hydrogen-bond donors (Lipinski definition) is 0. The summed E-state index contributed by atoms with van der Waals surface area (Å²) in [5, 5.41) is 0. The van der Waals surface area contributed by atoms with E-state index in [2.05, 4.69) is 30.8 Å². The molecule has 0 radical (unpaired) electrons. The van der Waals surface area contributed by atoms with Crippen LogP contribution in [0, 0.1) is 17.8 Å². The van der Waals surface area contributed by atoms with E-state index in [-0.39, 0.29) is 22.5 Å². The minimum atomic E-state index is -4.43. The second-order valence-corrected chi connectivity index (χ2v) is 10.1. The molecular formula is C28H29F3O2. The number of carbonyl (C=O) groups is 1. The number of halogens is 3. The Morgan fingerprint density at radius 1 is 1.03 bits per heavy atom. The number of benzene rings is 2. The van der Waals surface area contributed by atoms with Crippen molar-refractivity contribution in [2.24, 2.45) is 17.8 Å². The van der Waals surface area contributed by atoms with E-state index in [0.29, 0.717) is 30.8 Å². The Morgan fingerprint density at radius 2 is 1.76 bits per heavy atom. The van der Waals surface area contributed by atoms with Gasteiger partial charge in [0.2, 0.25) is 0 Å². The van der Waals surface area contributed by atoms with Gasteiger partial charge in [0.05, 0.1) is 17.8 Å². The van der Waals surface area contributed by atoms with E-state index in [4.69, 9.17) is 4.74 Å². The van der Waals surface area contributed by atoms with Crippen molar-refractivity contribution < 1.29 is 22.7 Å². The first-order chi connectivity index (χ1) is 15.7. The molecule has 2 saturated carbocycles. The lowest BCUT2D eigenvalue weighted by molar-refractivity contribution is -0.137. The zero-order valence-corrected chi connectivity index (χ0v) is 18.7. The highest BCUT2D eigenvalue weighted by atomic mass is 19.4. The Kier molecular flexibility index (Phi) is 5.72. The fourth-order valence-corrected chi connectivity index (χ4v) is 6.14. The predicted octanol–water partition coefficient (Wildman–Crippen LogP) is 7.32. The molecule has 0 unspecified atom stereocenters. The Hall–Kier alpha value is -2.40. The molecule has 2 fully saturated rings. The first-order valence-corrected chi connectivity index (χ1v) is 11.9. The quantitative estimate of drug-likeness (QED) is 0.443. The Bertz CT molecular complexity index is 1060. The summed E-state index contributed by atoms with van der Waals surface area (Å²) < 4.78 is 45.2. The molecule has 174 valence electrons. The van der Waals surface area contributed by atoms with Crippen LogP contribution in [0.25, 0.3) is 5.57 Å². The minimum absolute atomic E-state index is 0.102. The molecule has 2 nitrogen and oxygen atoms in total. The average Bonchev–Trinajstić information content (AvgIpc) is 3.14. The lowest BCUT2D eigenvalue weighted by Crippen LogP contribution is -2.38. The van der Waals surface area contributed by atoms with Crippen molar-refractivity contribution in [3.63, 3.8) is 0 Å². The van der Waals surface area contributed by atoms with Gasteiger partial charge in [-0.3, -0.25) is 4.79 Å². The smallest absolute Gasteiger partial charge is 0.366 e. The number of carbonyl (C=O) groups excluding carboxylic acids is 1. The fraction of sp³-hybridized carbons (Fsp3) is 0.464. The maximum atomic E-state index is 13.0. The van der Waals surface area contributed by atoms with Crippen molar-refractivity contribution in [3.05, 3.63) is 77.4 Å². The second kappa shape index (κ2) is 8.43. The molecule has 1 aliphatic heterocycles. The van der Waals surface area contributed by atoms with Crippen LogP contribution >= 0.6 is 0 Å². The molecular weight excluding hydrogens is 425 g/mol. The van der Waals surface area contributed by atoms with E-state index in [1.165, 1.54) is 23.3 Å². The molecule has 0 atom stereocenters. The Labute approximate surface area is 192 Å². The van der Waals surface area contributed by atoms with Gasteiger partial charge in [0, 0.05) is 12.0 Å². The van der Waals surface area contributed by atoms with Crippen LogP contribution in [0.3, 0.4) is 0 Å². The van der Waals surface area contributed by atoms with Crippen LogP contribution in [0.1, 0.15) is 67.2 Å². The number of rotatable bonds is 5. The van der Waals surface area contributed by atoms with Crippen molar-refractivity contribution in [2.75, 3.05) is 0 Å². The predicted molar refractivity (Wildman–Crippen MR) is 121 cm³/mol. The fourth-order valence-electron chi connectivity index (χ4n) is 6.14. The van der Waals surface area contributed by atoms with Crippen LogP contribution in [0.2, 0.25) is 0 Å². The summed E-state index contributed by atoms with van der Waals surface area (Å²) in [7, 11) is 0. The summed E-state index contributed by atoms with van der Waals surface area (Å²) in [4.78, 5) is 12.7. The molecule has 0 saturated heterocycles. The molecule has 2 aliphatic carbocycles. The standard InChI is InChI=1S/C28H29F3O2/c1-18(21-6-4-7-24(16-21)28(29,30)31)26(32)15-19-13-23(14-19)20-9-11-27(12-10-20)25-8-3-2-5-22(25)17-33-27/h2-8,16,19-20,23H,1,9-15,17H2. The van der Waals surface area contributed by atoms with Crippen molar-refractivity contribution >= 4 is 11.4 Å². The molecule has 1 spiro atoms. The van der Waals surface area contributed by atoms with E-state index in [1.54, 1.807) is 0 Å². The number of ketones is 1. The number of Topliss-reactive ketones (excluding diaryl/α,β-unsaturated/α-hetero) is 1. The number of alkyl halides is 3. The topological polar surface area (TPSA) is 26.3 Å². The van der Waals surface area contributed by atoms with Gasteiger partial charge in [-0.05, 0) is 85.1 Å². The second-order valence-electron chi connectivity index (χ2n) is 10.1. The Morgan fingerprint density at radius 3 is 2.48 bits per heavy atom. The van der Waals surface area contributed by atoms with Gasteiger partial charge in [0.15, 0.2) is 5.78 Å². The van der Waals surface area contributed by atoms with Crippen LogP contribution in [0.4, 0.5) is 13.2 Å². The molecule has 0 aromatic heterocycles. The largest absolute Gasteiger partial charge is 0.416 e. The monoisotopic (exact) mass is 454 g/mol. The number of fused-ring (bicyclic) bond motifs is 2. The molecule has 2 aromatic carbocycles. The molecule has 2 aromatic rings. The molecule has 5 heteroatoms. The maximum absolute atomic E-state index is 13.0. The lowest BCUT2D eigenvalue weighted by Gasteiger charge is -2.45. The van der Waals surface area contributed by atoms with E-state index < -0.39 is 11.7 Å². The summed E-state index contributed by atoms with van der Waals surface area (Å²) in [6, 6.07) is 13.4. The number of ether oxygens (including phenoxy) is 1. The van der Waals surface area contributed by atoms with Crippen molar-refractivity contribution in [2.45, 2.75) is 63.3 Å². The molecule has 3 aliphatic rings. The summed E-state index contributed by atoms with van der Waals surface area (Å²) in [5.41, 5.74) is 2.28. The van der Waals surface area contributed by atoms with E-state index in [0.717, 1.165) is 50.7 Å². The van der Waals surface area contributed by atoms with Crippen LogP contribution in [0.15, 0.2) is 55.1 Å². The molecule has 5 rings (SSSR count). The summed E-state index contributed by atoms with van der Waals surface area (Å²) in [6.07, 6.45) is 2.41. The maximum Gasteiger partial charge on any atom is 0.416 e. The van der Waals surface area contributed by atoms with Gasteiger partial charge in [0.1, 0.15) is 0 Å². The Balaban J connectivity index is 1.12. The summed E-state index contributed by atoms with van der Waals surface area (Å²) >= 11 is 0. The first-order valence-electron chi connectivity index (χ1n) is 11.9. The molecule has 0 bridgehead atoms. The SMILES string of the molecule is C=C(C(=O)CC1CC(C2CCC3(CC2)OCc2ccccc23)C1)c1cccc(C(F)(F)F)c1. The average molecular weight is 455 g/mol. The van der Waals surface area contributed by atoms with E-state index in [1.807, 2.05) is 0 Å². The third-order valence-corrected chi connectivity index (χ3v) is 8.14. The third-order valence-electron chi connectivity index (χ3n) is 8.14. The van der Waals surface area contributed by atoms with Crippen LogP contribution in [-0.4, -0.2) is 5.78 Å². The van der Waals surface area contributed by atoms with E-state index >= 15 is 0 Å². The number of allylic oxidation sites excluding steroid dienone is 1. The first kappa shape index (κ1) is 22.4. The highest BCUT2D eigenvalue weighted by molar-refractivity contribution is 6.20. The highest BCUT2D eigenvalue weighted by Crippen LogP contribution is 2.53. The van der Waals surface area contributed by atoms with Crippen LogP contribution in [0.5, 0.6) is 0 Å². The van der Waals surface area contributed by atoms with Gasteiger partial charge in [-0.25, -0.2) is 0 Å². The summed E-state index contributed by atoms with van der Waals surface area (Å²) in [6.45, 7) is 4.51. The van der Waals surface area contributed by atoms with Crippen LogP contribution in [-0.2, 0) is 27.9 Å². The van der Waals surface area contributed by atoms with Crippen molar-refractivity contribution in [3.8, 4) is 0 Å². The van der Waals surface area contributed by atoms with Gasteiger partial charge in [-0.2, -0.15) is 13.2 Å². The van der Waals surface area contributed by atoms with E-state index in [9.17, 15) is 18.0 Å². The summed E-state index contributed by atoms with van der Waals surface area (Å²) in [5.74, 6) is 1.48. The van der Waals surface area contributed by atoms with Gasteiger partial charge in [0.25, 0.3) is 0 Å². The minimum Gasteiger partial charge on any atom is -0.366 e. The van der Waals surface area contributed by atoms with Gasteiger partial charge >= 0.3 is 6.18 Å².